The molecule has 8 heteroatoms. The molecule has 0 aliphatic heterocycles. The summed E-state index contributed by atoms with van der Waals surface area (Å²) in [6.45, 7) is 12.2. The maximum atomic E-state index is 14.6. The van der Waals surface area contributed by atoms with E-state index < -0.39 is 23.3 Å². The number of halogens is 4. The molecule has 2 nitrogen and oxygen atoms in total. The molecule has 0 unspecified atom stereocenters. The third-order valence-corrected chi connectivity index (χ3v) is 15.1. The van der Waals surface area contributed by atoms with Crippen molar-refractivity contribution in [3.05, 3.63) is 183 Å². The second-order valence-electron chi connectivity index (χ2n) is 20.5. The van der Waals surface area contributed by atoms with Crippen LogP contribution in [-0.4, -0.2) is 0 Å². The van der Waals surface area contributed by atoms with E-state index >= 15 is 0 Å². The van der Waals surface area contributed by atoms with E-state index in [2.05, 4.69) is 58.0 Å². The second-order valence-corrected chi connectivity index (χ2v) is 20.5. The van der Waals surface area contributed by atoms with E-state index in [4.69, 9.17) is 0 Å². The van der Waals surface area contributed by atoms with E-state index in [9.17, 15) is 17.6 Å². The van der Waals surface area contributed by atoms with Crippen LogP contribution in [0.25, 0.3) is 44.8 Å². The molecule has 2 aromatic heterocycles. The van der Waals surface area contributed by atoms with Crippen LogP contribution < -0.4 is 9.13 Å². The number of benzene rings is 4. The summed E-state index contributed by atoms with van der Waals surface area (Å²) in [6.07, 6.45) is 29.5. The summed E-state index contributed by atoms with van der Waals surface area (Å²) in [4.78, 5) is 0. The van der Waals surface area contributed by atoms with Gasteiger partial charge in [-0.15, -0.1) is 0 Å². The monoisotopic (exact) mass is 1370 g/mol. The quantitative estimate of drug-likeness (QED) is 0.0892. The Morgan fingerprint density at radius 1 is 0.365 bits per heavy atom. The Hall–Kier alpha value is -3.83. The summed E-state index contributed by atoms with van der Waals surface area (Å²) in [5, 5.41) is 0. The number of pyridine rings is 2. The van der Waals surface area contributed by atoms with E-state index in [1.165, 1.54) is 172 Å². The molecule has 4 fully saturated rings. The summed E-state index contributed by atoms with van der Waals surface area (Å²) < 4.78 is 60.0. The average molecular weight is 1370 g/mol. The van der Waals surface area contributed by atoms with E-state index in [0.29, 0.717) is 34.1 Å². The molecule has 0 spiro atoms. The molecule has 404 valence electrons. The van der Waals surface area contributed by atoms with Gasteiger partial charge in [-0.25, -0.2) is 26.7 Å². The Bertz CT molecular complexity index is 2570. The third kappa shape index (κ3) is 17.1. The molecule has 10 rings (SSSR count). The molecule has 4 saturated carbocycles. The Kier molecular flexibility index (Phi) is 29.5. The van der Waals surface area contributed by atoms with Crippen LogP contribution in [0.5, 0.6) is 0 Å². The minimum atomic E-state index is -0.545. The van der Waals surface area contributed by atoms with Gasteiger partial charge >= 0.3 is 39.6 Å². The zero-order valence-corrected chi connectivity index (χ0v) is 52.2. The van der Waals surface area contributed by atoms with Gasteiger partial charge < -0.3 is 29.7 Å². The molecule has 4 aliphatic rings. The fraction of sp³-hybridized carbons (Fsp3) is 0.424. The van der Waals surface area contributed by atoms with Crippen LogP contribution in [0.4, 0.5) is 17.6 Å². The van der Waals surface area contributed by atoms with Gasteiger partial charge in [0.2, 0.25) is 11.4 Å². The predicted molar refractivity (Wildman–Crippen MR) is 299 cm³/mol. The minimum absolute atomic E-state index is 0. The summed E-state index contributed by atoms with van der Waals surface area (Å²) >= 11 is 0. The summed E-state index contributed by atoms with van der Waals surface area (Å²) in [5.41, 5.74) is 16.2. The molecule has 74 heavy (non-hydrogen) atoms. The first-order valence-corrected chi connectivity index (χ1v) is 25.8. The van der Waals surface area contributed by atoms with Crippen molar-refractivity contribution in [2.75, 3.05) is 0 Å². The first-order valence-electron chi connectivity index (χ1n) is 25.8. The van der Waals surface area contributed by atoms with Gasteiger partial charge in [-0.3, -0.25) is 0 Å². The van der Waals surface area contributed by atoms with Crippen molar-refractivity contribution in [3.63, 3.8) is 0 Å². The van der Waals surface area contributed by atoms with Crippen LogP contribution >= 0.6 is 0 Å². The van der Waals surface area contributed by atoms with E-state index in [1.807, 2.05) is 53.8 Å². The molecule has 0 N–H and O–H groups in total. The Morgan fingerprint density at radius 3 is 1.05 bits per heavy atom. The second kappa shape index (κ2) is 32.0. The van der Waals surface area contributed by atoms with Crippen LogP contribution in [0.15, 0.2) is 85.2 Å². The molecule has 2 heterocycles. The fourth-order valence-corrected chi connectivity index (χ4v) is 11.7. The van der Waals surface area contributed by atoms with Crippen LogP contribution in [0.2, 0.25) is 0 Å². The summed E-state index contributed by atoms with van der Waals surface area (Å²) in [6, 6.07) is 22.1. The van der Waals surface area contributed by atoms with Gasteiger partial charge in [-0.1, -0.05) is 114 Å². The molecule has 0 amide bonds. The van der Waals surface area contributed by atoms with Crippen molar-refractivity contribution < 1.29 is 66.3 Å². The molecular formula is C66H88F4N2Os2+2. The van der Waals surface area contributed by atoms with Crippen molar-refractivity contribution in [1.29, 1.82) is 0 Å². The van der Waals surface area contributed by atoms with Gasteiger partial charge in [0.05, 0.1) is 11.1 Å². The molecule has 0 bridgehead atoms. The number of nitrogens with zero attached hydrogens (tertiary/aromatic N) is 2. The zero-order valence-electron chi connectivity index (χ0n) is 47.1. The number of aryl methyl sites for hydroxylation is 8. The number of hydrogen-bond acceptors (Lipinski definition) is 0. The zero-order chi connectivity index (χ0) is 48.5. The van der Waals surface area contributed by atoms with Crippen LogP contribution in [0.1, 0.15) is 172 Å². The summed E-state index contributed by atoms with van der Waals surface area (Å²) in [7, 11) is 3.81. The third-order valence-electron chi connectivity index (χ3n) is 15.1. The number of rotatable bonds is 6. The van der Waals surface area contributed by atoms with Gasteiger partial charge in [0.25, 0.3) is 0 Å². The Balaban J connectivity index is 0.000000580. The molecule has 4 aromatic carbocycles. The van der Waals surface area contributed by atoms with E-state index in [0.717, 1.165) is 34.6 Å². The molecule has 0 radical (unpaired) electrons. The van der Waals surface area contributed by atoms with Crippen LogP contribution in [0, 0.1) is 94.5 Å². The van der Waals surface area contributed by atoms with Crippen molar-refractivity contribution in [1.82, 2.24) is 0 Å². The van der Waals surface area contributed by atoms with Gasteiger partial charge in [0, 0.05) is 35.9 Å². The van der Waals surface area contributed by atoms with Gasteiger partial charge in [-0.2, -0.15) is 0 Å². The van der Waals surface area contributed by atoms with Gasteiger partial charge in [0.15, 0.2) is 12.4 Å². The molecule has 0 atom stereocenters. The normalized spacial score (nSPS) is 14.6. The fourth-order valence-electron chi connectivity index (χ4n) is 11.7. The number of hydrogen-bond donors (Lipinski definition) is 0. The predicted octanol–water partition coefficient (Wildman–Crippen LogP) is 19.1. The molecule has 4 aliphatic carbocycles. The van der Waals surface area contributed by atoms with E-state index in [-0.39, 0.29) is 69.3 Å². The first-order chi connectivity index (χ1) is 32.7. The number of aromatic nitrogens is 2. The standard InChI is InChI=1S/2C26H28F2N.2C5H10.4CH3.2Os/c1-16-11-21(19-7-5-6-8-19)12-17(2)25(16)20-9-10-24(29(4)15-20)26-18(3)13-22(27)14-23(26)28;1-16-11-21(19-7-5-6-8-19)12-17(2)25(16)20-9-10-29(4)24(14-20)26-18(3)13-22(27)15-23(26)28;2*1-2-4-5-3-1;;;;;;/h2*9-15,19H,5-8H2,1-4H3;2*1-5H2;4*1H3;;/q2*+1;;;4*-1;2*+2. The van der Waals surface area contributed by atoms with Crippen molar-refractivity contribution >= 4 is 0 Å². The topological polar surface area (TPSA) is 7.76 Å². The maximum absolute atomic E-state index is 14.6. The first kappa shape index (κ1) is 68.2. The molecule has 0 saturated heterocycles. The van der Waals surface area contributed by atoms with E-state index in [1.54, 1.807) is 13.8 Å². The Morgan fingerprint density at radius 2 is 0.703 bits per heavy atom. The SMILES string of the molecule is C1CCCC1.C1CCCC1.Cc1cc(C2CCCC2)cc(C)c1-c1cc[n+](C)c(-c2c(C)cc(F)cc2F)c1.Cc1cc(C2CCCC2)cc(C)c1-c1ccc(-c2c(C)cc(F)cc2F)[n+](C)c1.[CH3-].[CH3-].[CH3-].[CH3-].[Os+2].[Os+2]. The van der Waals surface area contributed by atoms with Crippen molar-refractivity contribution in [2.24, 2.45) is 14.1 Å². The largest absolute Gasteiger partial charge is 2.00 e. The Labute approximate surface area is 473 Å². The molecular weight excluding hydrogens is 1280 g/mol. The van der Waals surface area contributed by atoms with Gasteiger partial charge in [-0.05, 0) is 158 Å². The average Bonchev–Trinajstić information content (AvgIpc) is 4.14. The van der Waals surface area contributed by atoms with Crippen molar-refractivity contribution in [2.45, 2.75) is 169 Å². The van der Waals surface area contributed by atoms with Gasteiger partial charge in [0.1, 0.15) is 37.4 Å². The summed E-state index contributed by atoms with van der Waals surface area (Å²) in [5.74, 6) is -0.765. The smallest absolute Gasteiger partial charge is 0.358 e. The van der Waals surface area contributed by atoms with Crippen molar-refractivity contribution in [3.8, 4) is 44.8 Å². The van der Waals surface area contributed by atoms with Crippen LogP contribution in [-0.2, 0) is 53.7 Å². The molecule has 6 aromatic rings. The minimum Gasteiger partial charge on any atom is -0.358 e. The van der Waals surface area contributed by atoms with Crippen LogP contribution in [0.3, 0.4) is 0 Å². The maximum Gasteiger partial charge on any atom is 2.00 e.